The Morgan fingerprint density at radius 2 is 1.76 bits per heavy atom. The van der Waals surface area contributed by atoms with Crippen molar-refractivity contribution >= 4 is 37.4 Å². The Kier molecular flexibility index (Phi) is 7.58. The molecule has 2 aliphatic rings. The molecule has 0 saturated carbocycles. The van der Waals surface area contributed by atoms with Crippen LogP contribution in [-0.2, 0) is 35.7 Å². The van der Waals surface area contributed by atoms with E-state index in [9.17, 15) is 26.4 Å². The van der Waals surface area contributed by atoms with Crippen LogP contribution in [0.3, 0.4) is 0 Å². The first-order valence-corrected chi connectivity index (χ1v) is 15.8. The predicted octanol–water partition coefficient (Wildman–Crippen LogP) is 3.75. The summed E-state index contributed by atoms with van der Waals surface area (Å²) in [5.74, 6) is 0.976. The molecule has 0 bridgehead atoms. The van der Waals surface area contributed by atoms with Crippen molar-refractivity contribution in [3.05, 3.63) is 80.8 Å². The molecule has 9 nitrogen and oxygen atoms in total. The molecule has 0 spiro atoms. The summed E-state index contributed by atoms with van der Waals surface area (Å²) in [6.07, 6.45) is -2.83. The maximum atomic E-state index is 13.5. The summed E-state index contributed by atoms with van der Waals surface area (Å²) in [5, 5.41) is 0.504. The summed E-state index contributed by atoms with van der Waals surface area (Å²) in [6, 6.07) is 9.78. The average molecular weight is 619 g/mol. The van der Waals surface area contributed by atoms with Crippen LogP contribution < -0.4 is 10.5 Å². The second kappa shape index (κ2) is 11.1. The molecule has 14 heteroatoms. The summed E-state index contributed by atoms with van der Waals surface area (Å²) in [7, 11) is -4.16. The first kappa shape index (κ1) is 28.8. The number of aromatic nitrogens is 3. The van der Waals surface area contributed by atoms with Gasteiger partial charge in [-0.3, -0.25) is 14.3 Å². The standard InChI is InChI=1S/C28H29F3N6O3S2/c1-19-4-2-7-24(33-19)35-13-10-34(11-14-35)12-15-36-18-32-26-25(27(36)38)22-8-9-37(17-23(22)41-26)42(39,40)21-6-3-5-20(16-21)28(29,30)31/h2-7,16,18H,8-15,17H2,1H3. The van der Waals surface area contributed by atoms with Gasteiger partial charge in [0, 0.05) is 62.9 Å². The number of aryl methyl sites for hydroxylation is 1. The van der Waals surface area contributed by atoms with Crippen molar-refractivity contribution in [2.45, 2.75) is 37.5 Å². The number of piperazine rings is 1. The van der Waals surface area contributed by atoms with Gasteiger partial charge in [-0.25, -0.2) is 18.4 Å². The van der Waals surface area contributed by atoms with Crippen LogP contribution in [0.25, 0.3) is 10.2 Å². The molecule has 0 N–H and O–H groups in total. The van der Waals surface area contributed by atoms with Gasteiger partial charge in [-0.05, 0) is 49.2 Å². The fraction of sp³-hybridized carbons (Fsp3) is 0.393. The van der Waals surface area contributed by atoms with E-state index in [1.807, 2.05) is 25.1 Å². The van der Waals surface area contributed by atoms with Crippen LogP contribution >= 0.6 is 11.3 Å². The van der Waals surface area contributed by atoms with Gasteiger partial charge in [0.2, 0.25) is 10.0 Å². The lowest BCUT2D eigenvalue weighted by molar-refractivity contribution is -0.137. The molecule has 2 aliphatic heterocycles. The van der Waals surface area contributed by atoms with E-state index in [1.54, 1.807) is 4.57 Å². The molecule has 1 saturated heterocycles. The first-order valence-electron chi connectivity index (χ1n) is 13.6. The van der Waals surface area contributed by atoms with Gasteiger partial charge in [-0.1, -0.05) is 12.1 Å². The van der Waals surface area contributed by atoms with Crippen molar-refractivity contribution in [3.8, 4) is 0 Å². The molecule has 4 aromatic rings. The molecule has 1 aromatic carbocycles. The van der Waals surface area contributed by atoms with Crippen LogP contribution in [0.4, 0.5) is 19.0 Å². The number of halogens is 3. The number of fused-ring (bicyclic) bond motifs is 3. The number of benzene rings is 1. The molecule has 42 heavy (non-hydrogen) atoms. The number of rotatable bonds is 6. The van der Waals surface area contributed by atoms with Gasteiger partial charge in [-0.2, -0.15) is 17.5 Å². The average Bonchev–Trinajstić information content (AvgIpc) is 3.35. The van der Waals surface area contributed by atoms with E-state index >= 15 is 0 Å². The molecular weight excluding hydrogens is 589 g/mol. The van der Waals surface area contributed by atoms with Crippen molar-refractivity contribution in [3.63, 3.8) is 0 Å². The minimum Gasteiger partial charge on any atom is -0.354 e. The topological polar surface area (TPSA) is 91.6 Å². The van der Waals surface area contributed by atoms with Gasteiger partial charge in [0.1, 0.15) is 10.6 Å². The summed E-state index contributed by atoms with van der Waals surface area (Å²) < 4.78 is 68.8. The van der Waals surface area contributed by atoms with E-state index in [1.165, 1.54) is 28.0 Å². The fourth-order valence-electron chi connectivity index (χ4n) is 5.50. The Hall–Kier alpha value is -3.33. The minimum atomic E-state index is -4.65. The number of alkyl halides is 3. The zero-order valence-corrected chi connectivity index (χ0v) is 24.5. The Morgan fingerprint density at radius 3 is 2.50 bits per heavy atom. The first-order chi connectivity index (χ1) is 20.0. The summed E-state index contributed by atoms with van der Waals surface area (Å²) >= 11 is 1.26. The summed E-state index contributed by atoms with van der Waals surface area (Å²) in [5.41, 5.74) is 0.585. The monoisotopic (exact) mass is 618 g/mol. The Labute approximate surface area is 244 Å². The van der Waals surface area contributed by atoms with Crippen molar-refractivity contribution < 1.29 is 21.6 Å². The van der Waals surface area contributed by atoms with Crippen LogP contribution in [0.15, 0.2) is 58.5 Å². The molecule has 0 amide bonds. The van der Waals surface area contributed by atoms with Crippen molar-refractivity contribution in [2.24, 2.45) is 0 Å². The van der Waals surface area contributed by atoms with Crippen molar-refractivity contribution in [1.82, 2.24) is 23.7 Å². The fourth-order valence-corrected chi connectivity index (χ4v) is 8.23. The molecule has 0 aliphatic carbocycles. The second-order valence-electron chi connectivity index (χ2n) is 10.5. The van der Waals surface area contributed by atoms with Crippen LogP contribution in [-0.4, -0.2) is 71.4 Å². The highest BCUT2D eigenvalue weighted by atomic mass is 32.2. The third-order valence-electron chi connectivity index (χ3n) is 7.82. The van der Waals surface area contributed by atoms with E-state index in [-0.39, 0.29) is 25.1 Å². The number of hydrogen-bond donors (Lipinski definition) is 0. The number of sulfonamides is 1. The third kappa shape index (κ3) is 5.55. The number of thiophene rings is 1. The summed E-state index contributed by atoms with van der Waals surface area (Å²) in [4.78, 5) is 28.0. The molecule has 0 atom stereocenters. The van der Waals surface area contributed by atoms with Crippen LogP contribution in [0, 0.1) is 6.92 Å². The van der Waals surface area contributed by atoms with E-state index in [0.717, 1.165) is 55.4 Å². The highest BCUT2D eigenvalue weighted by molar-refractivity contribution is 7.89. The highest BCUT2D eigenvalue weighted by Crippen LogP contribution is 2.36. The molecule has 6 rings (SSSR count). The summed E-state index contributed by atoms with van der Waals surface area (Å²) in [6.45, 7) is 6.59. The Bertz CT molecular complexity index is 1800. The van der Waals surface area contributed by atoms with Gasteiger partial charge in [0.25, 0.3) is 5.56 Å². The van der Waals surface area contributed by atoms with E-state index in [0.29, 0.717) is 34.2 Å². The zero-order chi connectivity index (χ0) is 29.6. The Balaban J connectivity index is 1.15. The van der Waals surface area contributed by atoms with Crippen LogP contribution in [0.1, 0.15) is 21.7 Å². The zero-order valence-electron chi connectivity index (χ0n) is 22.8. The number of anilines is 1. The molecule has 3 aromatic heterocycles. The third-order valence-corrected chi connectivity index (χ3v) is 10.8. The quantitative estimate of drug-likeness (QED) is 0.325. The van der Waals surface area contributed by atoms with Gasteiger partial charge in [0.15, 0.2) is 0 Å². The van der Waals surface area contributed by atoms with Gasteiger partial charge < -0.3 is 4.90 Å². The van der Waals surface area contributed by atoms with Crippen molar-refractivity contribution in [2.75, 3.05) is 44.2 Å². The van der Waals surface area contributed by atoms with Crippen LogP contribution in [0.5, 0.6) is 0 Å². The molecule has 0 unspecified atom stereocenters. The number of pyridine rings is 1. The molecular formula is C28H29F3N6O3S2. The predicted molar refractivity (Wildman–Crippen MR) is 154 cm³/mol. The highest BCUT2D eigenvalue weighted by Gasteiger charge is 2.35. The lowest BCUT2D eigenvalue weighted by Crippen LogP contribution is -2.47. The van der Waals surface area contributed by atoms with E-state index < -0.39 is 26.7 Å². The largest absolute Gasteiger partial charge is 0.416 e. The van der Waals surface area contributed by atoms with Gasteiger partial charge in [-0.15, -0.1) is 11.3 Å². The molecule has 5 heterocycles. The number of hydrogen-bond acceptors (Lipinski definition) is 8. The lowest BCUT2D eigenvalue weighted by Gasteiger charge is -2.35. The van der Waals surface area contributed by atoms with E-state index in [2.05, 4.69) is 19.8 Å². The van der Waals surface area contributed by atoms with Crippen LogP contribution in [0.2, 0.25) is 0 Å². The Morgan fingerprint density at radius 1 is 1.00 bits per heavy atom. The maximum absolute atomic E-state index is 13.5. The smallest absolute Gasteiger partial charge is 0.354 e. The SMILES string of the molecule is Cc1cccc(N2CCN(CCn3cnc4sc5c(c4c3=O)CCN(S(=O)(=O)c3cccc(C(F)(F)F)c3)C5)CC2)n1. The molecule has 0 radical (unpaired) electrons. The molecule has 222 valence electrons. The van der Waals surface area contributed by atoms with Gasteiger partial charge in [0.05, 0.1) is 22.2 Å². The number of nitrogens with zero attached hydrogens (tertiary/aromatic N) is 6. The van der Waals surface area contributed by atoms with E-state index in [4.69, 9.17) is 0 Å². The second-order valence-corrected chi connectivity index (χ2v) is 13.5. The molecule has 1 fully saturated rings. The minimum absolute atomic E-state index is 0.0194. The van der Waals surface area contributed by atoms with Crippen molar-refractivity contribution in [1.29, 1.82) is 0 Å². The van der Waals surface area contributed by atoms with Gasteiger partial charge >= 0.3 is 6.18 Å². The normalized spacial score (nSPS) is 17.1. The lowest BCUT2D eigenvalue weighted by atomic mass is 10.1. The maximum Gasteiger partial charge on any atom is 0.416 e.